The maximum absolute atomic E-state index is 12.8. The minimum Gasteiger partial charge on any atom is -0.482 e. The lowest BCUT2D eigenvalue weighted by Crippen LogP contribution is -2.50. The number of carbonyl (C=O) groups is 2. The van der Waals surface area contributed by atoms with Gasteiger partial charge in [-0.25, -0.2) is 8.42 Å². The van der Waals surface area contributed by atoms with Crippen LogP contribution in [0.1, 0.15) is 6.92 Å². The lowest BCUT2D eigenvalue weighted by molar-refractivity contribution is -0.130. The van der Waals surface area contributed by atoms with E-state index in [2.05, 4.69) is 5.32 Å². The van der Waals surface area contributed by atoms with Crippen LogP contribution in [0.15, 0.2) is 17.0 Å². The van der Waals surface area contributed by atoms with Gasteiger partial charge in [-0.3, -0.25) is 9.59 Å². The van der Waals surface area contributed by atoms with Gasteiger partial charge in [-0.2, -0.15) is 4.31 Å². The van der Waals surface area contributed by atoms with Gasteiger partial charge in [0.2, 0.25) is 15.9 Å². The molecule has 2 aliphatic heterocycles. The van der Waals surface area contributed by atoms with Crippen molar-refractivity contribution in [3.8, 4) is 5.75 Å². The van der Waals surface area contributed by atoms with E-state index < -0.39 is 10.0 Å². The number of nitrogens with zero attached hydrogens (tertiary/aromatic N) is 2. The number of sulfonamides is 1. The Hall–Kier alpha value is -1.84. The molecule has 0 atom stereocenters. The van der Waals surface area contributed by atoms with Gasteiger partial charge < -0.3 is 15.0 Å². The number of ether oxygens (including phenoxy) is 1. The number of rotatable bonds is 2. The van der Waals surface area contributed by atoms with Gasteiger partial charge in [0.05, 0.1) is 10.7 Å². The van der Waals surface area contributed by atoms with Gasteiger partial charge in [0.1, 0.15) is 10.6 Å². The molecule has 2 amide bonds. The summed E-state index contributed by atoms with van der Waals surface area (Å²) in [5.41, 5.74) is 0.344. The second-order valence-corrected chi connectivity index (χ2v) is 7.84. The molecule has 1 N–H and O–H groups in total. The summed E-state index contributed by atoms with van der Waals surface area (Å²) in [6.45, 7) is 2.36. The first-order valence-corrected chi connectivity index (χ1v) is 9.12. The zero-order valence-corrected chi connectivity index (χ0v) is 14.5. The van der Waals surface area contributed by atoms with Crippen molar-refractivity contribution in [2.45, 2.75) is 11.8 Å². The van der Waals surface area contributed by atoms with Crippen molar-refractivity contribution in [2.75, 3.05) is 38.1 Å². The van der Waals surface area contributed by atoms with E-state index in [0.717, 1.165) is 0 Å². The highest BCUT2D eigenvalue weighted by molar-refractivity contribution is 7.89. The first-order valence-electron chi connectivity index (χ1n) is 7.31. The summed E-state index contributed by atoms with van der Waals surface area (Å²) in [7, 11) is -3.82. The smallest absolute Gasteiger partial charge is 0.262 e. The number of hydrogen-bond acceptors (Lipinski definition) is 5. The number of benzene rings is 1. The Morgan fingerprint density at radius 2 is 1.92 bits per heavy atom. The highest BCUT2D eigenvalue weighted by Gasteiger charge is 2.32. The van der Waals surface area contributed by atoms with Crippen LogP contribution in [0.3, 0.4) is 0 Å². The maximum atomic E-state index is 12.8. The molecule has 0 aliphatic carbocycles. The van der Waals surface area contributed by atoms with Crippen molar-refractivity contribution in [1.82, 2.24) is 9.21 Å². The number of hydrogen-bond donors (Lipinski definition) is 1. The Morgan fingerprint density at radius 1 is 1.25 bits per heavy atom. The molecule has 2 aliphatic rings. The lowest BCUT2D eigenvalue weighted by Gasteiger charge is -2.33. The van der Waals surface area contributed by atoms with Crippen molar-refractivity contribution in [2.24, 2.45) is 0 Å². The van der Waals surface area contributed by atoms with E-state index >= 15 is 0 Å². The Labute approximate surface area is 144 Å². The lowest BCUT2D eigenvalue weighted by atomic mass is 10.2. The molecule has 1 aromatic carbocycles. The normalized spacial score (nSPS) is 18.6. The molecule has 0 unspecified atom stereocenters. The third-order valence-corrected chi connectivity index (χ3v) is 6.33. The third kappa shape index (κ3) is 3.06. The molecule has 1 aromatic rings. The van der Waals surface area contributed by atoms with Crippen LogP contribution in [-0.2, 0) is 19.6 Å². The van der Waals surface area contributed by atoms with Gasteiger partial charge in [0, 0.05) is 39.2 Å². The monoisotopic (exact) mass is 373 g/mol. The molecule has 8 nitrogen and oxygen atoms in total. The molecule has 0 bridgehead atoms. The molecule has 0 spiro atoms. The molecular formula is C14H16ClN3O5S. The topological polar surface area (TPSA) is 96.0 Å². The number of nitrogens with one attached hydrogen (secondary N) is 1. The van der Waals surface area contributed by atoms with Gasteiger partial charge in [-0.05, 0) is 6.07 Å². The van der Waals surface area contributed by atoms with Crippen molar-refractivity contribution in [3.05, 3.63) is 17.2 Å². The predicted molar refractivity (Wildman–Crippen MR) is 86.6 cm³/mol. The Morgan fingerprint density at radius 3 is 2.54 bits per heavy atom. The van der Waals surface area contributed by atoms with Crippen LogP contribution in [0.5, 0.6) is 5.75 Å². The average molecular weight is 374 g/mol. The summed E-state index contributed by atoms with van der Waals surface area (Å²) in [6, 6.07) is 2.69. The van der Waals surface area contributed by atoms with E-state index in [4.69, 9.17) is 16.3 Å². The Kier molecular flexibility index (Phi) is 4.41. The molecule has 3 rings (SSSR count). The summed E-state index contributed by atoms with van der Waals surface area (Å²) in [5, 5.41) is 2.58. The van der Waals surface area contributed by atoms with Crippen LogP contribution in [0, 0.1) is 0 Å². The number of fused-ring (bicyclic) bond motifs is 1. The van der Waals surface area contributed by atoms with Gasteiger partial charge in [0.25, 0.3) is 5.91 Å². The minimum absolute atomic E-state index is 0.00791. The van der Waals surface area contributed by atoms with Crippen LogP contribution in [0.4, 0.5) is 5.69 Å². The molecule has 130 valence electrons. The van der Waals surface area contributed by atoms with Gasteiger partial charge >= 0.3 is 0 Å². The Balaban J connectivity index is 1.88. The van der Waals surface area contributed by atoms with Gasteiger partial charge in [-0.15, -0.1) is 0 Å². The van der Waals surface area contributed by atoms with E-state index in [1.807, 2.05) is 0 Å². The largest absolute Gasteiger partial charge is 0.482 e. The fourth-order valence-electron chi connectivity index (χ4n) is 2.66. The molecule has 1 saturated heterocycles. The summed E-state index contributed by atoms with van der Waals surface area (Å²) in [6.07, 6.45) is 0. The standard InChI is InChI=1S/C14H16ClN3O5S/c1-9(19)17-2-4-18(5-3-17)24(21,22)13-7-12-11(6-10(13)15)16-14(20)8-23-12/h6-7H,2-5,8H2,1H3,(H,16,20). The van der Waals surface area contributed by atoms with E-state index in [1.54, 1.807) is 4.90 Å². The first-order chi connectivity index (χ1) is 11.3. The van der Waals surface area contributed by atoms with Crippen LogP contribution in [-0.4, -0.2) is 62.2 Å². The maximum Gasteiger partial charge on any atom is 0.262 e. The van der Waals surface area contributed by atoms with Crippen LogP contribution in [0.25, 0.3) is 0 Å². The summed E-state index contributed by atoms with van der Waals surface area (Å²) < 4.78 is 32.2. The minimum atomic E-state index is -3.82. The first kappa shape index (κ1) is 17.0. The van der Waals surface area contributed by atoms with Gasteiger partial charge in [0.15, 0.2) is 6.61 Å². The predicted octanol–water partition coefficient (Wildman–Crippen LogP) is 0.524. The summed E-state index contributed by atoms with van der Waals surface area (Å²) >= 11 is 6.11. The molecule has 0 aromatic heterocycles. The number of anilines is 1. The highest BCUT2D eigenvalue weighted by Crippen LogP contribution is 2.36. The molecule has 0 radical (unpaired) electrons. The fraction of sp³-hybridized carbons (Fsp3) is 0.429. The third-order valence-electron chi connectivity index (χ3n) is 3.97. The Bertz CT molecular complexity index is 803. The number of piperazine rings is 1. The second-order valence-electron chi connectivity index (χ2n) is 5.53. The van der Waals surface area contributed by atoms with Gasteiger partial charge in [-0.1, -0.05) is 11.6 Å². The van der Waals surface area contributed by atoms with Crippen LogP contribution in [0.2, 0.25) is 5.02 Å². The molecule has 10 heteroatoms. The van der Waals surface area contributed by atoms with E-state index in [1.165, 1.54) is 23.4 Å². The van der Waals surface area contributed by atoms with E-state index in [9.17, 15) is 18.0 Å². The van der Waals surface area contributed by atoms with Crippen LogP contribution < -0.4 is 10.1 Å². The molecule has 2 heterocycles. The second kappa shape index (κ2) is 6.23. The van der Waals surface area contributed by atoms with Crippen molar-refractivity contribution < 1.29 is 22.7 Å². The van der Waals surface area contributed by atoms with Crippen LogP contribution >= 0.6 is 11.6 Å². The van der Waals surface area contributed by atoms with Crippen molar-refractivity contribution >= 4 is 39.1 Å². The average Bonchev–Trinajstić information content (AvgIpc) is 2.54. The van der Waals surface area contributed by atoms with Crippen molar-refractivity contribution in [1.29, 1.82) is 0 Å². The zero-order chi connectivity index (χ0) is 17.5. The number of carbonyl (C=O) groups excluding carboxylic acids is 2. The SMILES string of the molecule is CC(=O)N1CCN(S(=O)(=O)c2cc3c(cc2Cl)NC(=O)CO3)CC1. The molecular weight excluding hydrogens is 358 g/mol. The van der Waals surface area contributed by atoms with E-state index in [-0.39, 0.29) is 47.2 Å². The number of amides is 2. The fourth-order valence-corrected chi connectivity index (χ4v) is 4.60. The zero-order valence-electron chi connectivity index (χ0n) is 12.9. The number of halogens is 1. The highest BCUT2D eigenvalue weighted by atomic mass is 35.5. The van der Waals surface area contributed by atoms with E-state index in [0.29, 0.717) is 18.8 Å². The van der Waals surface area contributed by atoms with Crippen molar-refractivity contribution in [3.63, 3.8) is 0 Å². The molecule has 24 heavy (non-hydrogen) atoms. The molecule has 1 fully saturated rings. The summed E-state index contributed by atoms with van der Waals surface area (Å²) in [4.78, 5) is 24.2. The molecule has 0 saturated carbocycles. The summed E-state index contributed by atoms with van der Waals surface area (Å²) in [5.74, 6) is -0.141. The quantitative estimate of drug-likeness (QED) is 0.815.